The molecule has 5 rings (SSSR count). The molecule has 0 aliphatic carbocycles. The molecule has 1 fully saturated rings. The van der Waals surface area contributed by atoms with Gasteiger partial charge in [0.05, 0.1) is 69.8 Å². The normalized spacial score (nSPS) is 16.9. The molecule has 3 heterocycles. The van der Waals surface area contributed by atoms with Crippen molar-refractivity contribution in [2.45, 2.75) is 44.4 Å². The van der Waals surface area contributed by atoms with Crippen molar-refractivity contribution in [3.63, 3.8) is 0 Å². The summed E-state index contributed by atoms with van der Waals surface area (Å²) in [7, 11) is 5.51. The topological polar surface area (TPSA) is 151 Å². The van der Waals surface area contributed by atoms with Gasteiger partial charge in [-0.25, -0.2) is 19.3 Å². The maximum absolute atomic E-state index is 13.6. The molecule has 0 unspecified atom stereocenters. The summed E-state index contributed by atoms with van der Waals surface area (Å²) in [5.74, 6) is -0.741. The highest BCUT2D eigenvalue weighted by Crippen LogP contribution is 2.43. The molecule has 1 aromatic heterocycles. The minimum atomic E-state index is -4.61. The number of nitrogens with zero attached hydrogens (tertiary/aromatic N) is 5. The highest BCUT2D eigenvalue weighted by Gasteiger charge is 2.41. The SMILES string of the molecule is COC(=O)C1=C(C)N(c2cccc(C(F)(F)F)c2)c2n[nH]c(=O)n2[C@@H]1c1ccc(C#N)cc1CC[N+](C)(C)C1CCOCC1.O=CO. The van der Waals surface area contributed by atoms with Crippen LogP contribution in [-0.2, 0) is 31.7 Å². The molecular weight excluding hydrogens is 621 g/mol. The summed E-state index contributed by atoms with van der Waals surface area (Å²) in [6.07, 6.45) is -2.24. The van der Waals surface area contributed by atoms with Crippen LogP contribution in [0.1, 0.15) is 48.1 Å². The smallest absolute Gasteiger partial charge is 0.416 e. The van der Waals surface area contributed by atoms with E-state index in [9.17, 15) is 28.0 Å². The van der Waals surface area contributed by atoms with Crippen LogP contribution >= 0.6 is 0 Å². The zero-order valence-corrected chi connectivity index (χ0v) is 26.4. The number of carboxylic acid groups (broad SMARTS) is 1. The number of ether oxygens (including phenoxy) is 2. The number of fused-ring (bicyclic) bond motifs is 1. The van der Waals surface area contributed by atoms with Gasteiger partial charge in [0.25, 0.3) is 6.47 Å². The third-order valence-electron chi connectivity index (χ3n) is 8.68. The lowest BCUT2D eigenvalue weighted by Crippen LogP contribution is -2.52. The molecule has 15 heteroatoms. The van der Waals surface area contributed by atoms with Gasteiger partial charge < -0.3 is 19.1 Å². The van der Waals surface area contributed by atoms with Crippen LogP contribution in [0.4, 0.5) is 24.8 Å². The van der Waals surface area contributed by atoms with Crippen molar-refractivity contribution >= 4 is 24.1 Å². The zero-order valence-electron chi connectivity index (χ0n) is 26.4. The summed E-state index contributed by atoms with van der Waals surface area (Å²) >= 11 is 0. The number of nitrogens with one attached hydrogen (secondary N) is 1. The van der Waals surface area contributed by atoms with E-state index in [1.165, 1.54) is 28.7 Å². The van der Waals surface area contributed by atoms with Crippen LogP contribution in [0.15, 0.2) is 58.5 Å². The molecule has 3 aromatic rings. The average Bonchev–Trinajstić information content (AvgIpc) is 3.43. The summed E-state index contributed by atoms with van der Waals surface area (Å²) < 4.78 is 53.6. The Kier molecular flexibility index (Phi) is 10.6. The second kappa shape index (κ2) is 14.2. The van der Waals surface area contributed by atoms with Crippen LogP contribution in [0.3, 0.4) is 0 Å². The van der Waals surface area contributed by atoms with Crippen LogP contribution < -0.4 is 10.6 Å². The molecule has 2 aliphatic rings. The number of anilines is 2. The predicted molar refractivity (Wildman–Crippen MR) is 164 cm³/mol. The van der Waals surface area contributed by atoms with Gasteiger partial charge in [0, 0.05) is 30.6 Å². The molecule has 1 saturated heterocycles. The monoisotopic (exact) mass is 657 g/mol. The van der Waals surface area contributed by atoms with Crippen molar-refractivity contribution in [2.24, 2.45) is 0 Å². The average molecular weight is 658 g/mol. The zero-order chi connectivity index (χ0) is 34.5. The molecular formula is C32H36F3N6O6+. The molecule has 0 radical (unpaired) electrons. The van der Waals surface area contributed by atoms with Gasteiger partial charge in [-0.1, -0.05) is 12.1 Å². The number of rotatable bonds is 7. The second-order valence-corrected chi connectivity index (χ2v) is 11.7. The lowest BCUT2D eigenvalue weighted by atomic mass is 9.88. The quantitative estimate of drug-likeness (QED) is 0.217. The molecule has 0 amide bonds. The van der Waals surface area contributed by atoms with Crippen molar-refractivity contribution in [3.8, 4) is 6.07 Å². The maximum Gasteiger partial charge on any atom is 0.416 e. The number of carbonyl (C=O) groups is 2. The Morgan fingerprint density at radius 3 is 2.53 bits per heavy atom. The number of benzene rings is 2. The minimum Gasteiger partial charge on any atom is -0.483 e. The number of aromatic amines is 1. The Balaban J connectivity index is 0.00000160. The van der Waals surface area contributed by atoms with Gasteiger partial charge >= 0.3 is 17.8 Å². The van der Waals surface area contributed by atoms with Gasteiger partial charge in [-0.3, -0.25) is 9.69 Å². The maximum atomic E-state index is 13.6. The van der Waals surface area contributed by atoms with Gasteiger partial charge in [-0.05, 0) is 48.4 Å². The Labute approximate surface area is 268 Å². The number of esters is 1. The van der Waals surface area contributed by atoms with Gasteiger partial charge in [0.1, 0.15) is 6.04 Å². The minimum absolute atomic E-state index is 0.0121. The fourth-order valence-corrected chi connectivity index (χ4v) is 6.21. The number of likely N-dealkylation sites (N-methyl/N-ethyl adjacent to an activating group) is 1. The highest BCUT2D eigenvalue weighted by molar-refractivity contribution is 5.93. The molecule has 0 saturated carbocycles. The first-order chi connectivity index (χ1) is 22.3. The van der Waals surface area contributed by atoms with Crippen molar-refractivity contribution < 1.29 is 41.8 Å². The summed E-state index contributed by atoms with van der Waals surface area (Å²) in [4.78, 5) is 36.5. The van der Waals surface area contributed by atoms with Gasteiger partial charge in [-0.2, -0.15) is 18.4 Å². The van der Waals surface area contributed by atoms with E-state index < -0.39 is 29.4 Å². The number of allylic oxidation sites excluding steroid dienone is 1. The number of alkyl halides is 3. The van der Waals surface area contributed by atoms with Crippen molar-refractivity contribution in [1.29, 1.82) is 5.26 Å². The van der Waals surface area contributed by atoms with Crippen LogP contribution in [0, 0.1) is 11.3 Å². The molecule has 2 aromatic carbocycles. The molecule has 0 bridgehead atoms. The van der Waals surface area contributed by atoms with Crippen molar-refractivity contribution in [3.05, 3.63) is 86.5 Å². The van der Waals surface area contributed by atoms with E-state index in [0.29, 0.717) is 47.8 Å². The summed E-state index contributed by atoms with van der Waals surface area (Å²) in [5, 5.41) is 23.2. The number of hydrogen-bond donors (Lipinski definition) is 2. The molecule has 2 N–H and O–H groups in total. The van der Waals surface area contributed by atoms with Crippen LogP contribution in [0.5, 0.6) is 0 Å². The van der Waals surface area contributed by atoms with E-state index in [1.54, 1.807) is 25.1 Å². The highest BCUT2D eigenvalue weighted by atomic mass is 19.4. The molecule has 2 aliphatic heterocycles. The third-order valence-corrected chi connectivity index (χ3v) is 8.68. The number of H-pyrrole nitrogens is 1. The number of quaternary nitrogens is 1. The fraction of sp³-hybridized carbons (Fsp3) is 0.406. The number of halogens is 3. The van der Waals surface area contributed by atoms with Gasteiger partial charge in [0.15, 0.2) is 0 Å². The molecule has 0 spiro atoms. The van der Waals surface area contributed by atoms with E-state index in [0.717, 1.165) is 30.5 Å². The number of hydrogen-bond acceptors (Lipinski definition) is 8. The largest absolute Gasteiger partial charge is 0.483 e. The predicted octanol–water partition coefficient (Wildman–Crippen LogP) is 4.15. The number of carbonyl (C=O) groups excluding carboxylic acids is 1. The van der Waals surface area contributed by atoms with Crippen LogP contribution in [-0.4, -0.2) is 83.8 Å². The third kappa shape index (κ3) is 7.23. The van der Waals surface area contributed by atoms with Crippen LogP contribution in [0.25, 0.3) is 0 Å². The Morgan fingerprint density at radius 2 is 1.91 bits per heavy atom. The molecule has 250 valence electrons. The number of aromatic nitrogens is 3. The Bertz CT molecular complexity index is 1750. The van der Waals surface area contributed by atoms with Crippen LogP contribution in [0.2, 0.25) is 0 Å². The van der Waals surface area contributed by atoms with E-state index in [-0.39, 0.29) is 29.4 Å². The molecule has 1 atom stereocenters. The van der Waals surface area contributed by atoms with E-state index in [2.05, 4.69) is 30.4 Å². The van der Waals surface area contributed by atoms with Gasteiger partial charge in [0.2, 0.25) is 5.95 Å². The molecule has 47 heavy (non-hydrogen) atoms. The number of nitriles is 1. The Hall–Kier alpha value is -4.94. The van der Waals surface area contributed by atoms with Crippen molar-refractivity contribution in [1.82, 2.24) is 14.8 Å². The van der Waals surface area contributed by atoms with Gasteiger partial charge in [-0.15, -0.1) is 5.10 Å². The first kappa shape index (κ1) is 34.9. The second-order valence-electron chi connectivity index (χ2n) is 11.7. The fourth-order valence-electron chi connectivity index (χ4n) is 6.21. The van der Waals surface area contributed by atoms with E-state index >= 15 is 0 Å². The van der Waals surface area contributed by atoms with E-state index in [1.807, 2.05) is 0 Å². The Morgan fingerprint density at radius 1 is 1.23 bits per heavy atom. The first-order valence-corrected chi connectivity index (χ1v) is 14.7. The summed E-state index contributed by atoms with van der Waals surface area (Å²) in [5.41, 5.74) is 0.580. The number of methoxy groups -OCH3 is 1. The summed E-state index contributed by atoms with van der Waals surface area (Å²) in [6.45, 7) is 3.44. The summed E-state index contributed by atoms with van der Waals surface area (Å²) in [6, 6.07) is 11.2. The molecule has 12 nitrogen and oxygen atoms in total. The standard InChI is InChI=1S/C31H33F3N6O4.CH2O2/c1-19-26(28(41)43-4)27(39-29(36-37-30(39)42)38(19)23-7-5-6-22(17-23)31(32,33)34)25-9-8-20(18-35)16-21(25)10-13-40(2,3)24-11-14-44-15-12-24;2-1-3/h5-9,16-17,24,27H,10-15H2,1-4H3;1H,(H,2,3)/p+1/t27-;/m1./s1. The van der Waals surface area contributed by atoms with E-state index in [4.69, 9.17) is 19.4 Å². The lowest BCUT2D eigenvalue weighted by Gasteiger charge is -2.40. The first-order valence-electron chi connectivity index (χ1n) is 14.7. The van der Waals surface area contributed by atoms with Crippen molar-refractivity contribution in [2.75, 3.05) is 45.9 Å². The lowest BCUT2D eigenvalue weighted by molar-refractivity contribution is -0.916.